The fourth-order valence-corrected chi connectivity index (χ4v) is 1.24. The summed E-state index contributed by atoms with van der Waals surface area (Å²) in [5.41, 5.74) is -0.119. The van der Waals surface area contributed by atoms with Crippen molar-refractivity contribution in [1.82, 2.24) is 0 Å². The van der Waals surface area contributed by atoms with E-state index in [2.05, 4.69) is 15.9 Å². The molecule has 0 aliphatic heterocycles. The highest BCUT2D eigenvalue weighted by Gasteiger charge is 2.13. The quantitative estimate of drug-likeness (QED) is 0.862. The Hall–Kier alpha value is -1.23. The molecule has 0 saturated carbocycles. The summed E-state index contributed by atoms with van der Waals surface area (Å²) < 4.78 is 25.6. The SMILES string of the molecule is O=C(O)c1cc(F)c(F)cc1C=CCBr. The summed E-state index contributed by atoms with van der Waals surface area (Å²) in [6.07, 6.45) is 3.01. The van der Waals surface area contributed by atoms with Gasteiger partial charge in [-0.05, 0) is 17.7 Å². The van der Waals surface area contributed by atoms with Crippen molar-refractivity contribution in [2.75, 3.05) is 5.33 Å². The number of alkyl halides is 1. The van der Waals surface area contributed by atoms with E-state index >= 15 is 0 Å². The molecule has 1 aromatic rings. The number of carboxylic acids is 1. The maximum atomic E-state index is 12.8. The highest BCUT2D eigenvalue weighted by Crippen LogP contribution is 2.16. The van der Waals surface area contributed by atoms with Gasteiger partial charge < -0.3 is 5.11 Å². The Labute approximate surface area is 93.4 Å². The van der Waals surface area contributed by atoms with Gasteiger partial charge in [0.15, 0.2) is 11.6 Å². The van der Waals surface area contributed by atoms with Crippen LogP contribution >= 0.6 is 15.9 Å². The second-order valence-electron chi connectivity index (χ2n) is 2.72. The van der Waals surface area contributed by atoms with E-state index in [4.69, 9.17) is 5.11 Å². The van der Waals surface area contributed by atoms with Gasteiger partial charge in [0.25, 0.3) is 0 Å². The first-order chi connectivity index (χ1) is 7.06. The first-order valence-electron chi connectivity index (χ1n) is 4.01. The summed E-state index contributed by atoms with van der Waals surface area (Å²) in [4.78, 5) is 10.7. The van der Waals surface area contributed by atoms with E-state index in [0.717, 1.165) is 6.07 Å². The van der Waals surface area contributed by atoms with Gasteiger partial charge in [0.2, 0.25) is 0 Å². The smallest absolute Gasteiger partial charge is 0.336 e. The number of halogens is 3. The molecule has 0 fully saturated rings. The lowest BCUT2D eigenvalue weighted by atomic mass is 10.1. The molecule has 0 bridgehead atoms. The van der Waals surface area contributed by atoms with Crippen LogP contribution in [0.3, 0.4) is 0 Å². The minimum atomic E-state index is -1.29. The van der Waals surface area contributed by atoms with Crippen molar-refractivity contribution in [3.05, 3.63) is 41.0 Å². The number of carboxylic acid groups (broad SMARTS) is 1. The third kappa shape index (κ3) is 2.86. The van der Waals surface area contributed by atoms with Crippen LogP contribution in [0.1, 0.15) is 15.9 Å². The van der Waals surface area contributed by atoms with Crippen molar-refractivity contribution in [2.24, 2.45) is 0 Å². The Morgan fingerprint density at radius 3 is 2.53 bits per heavy atom. The van der Waals surface area contributed by atoms with Crippen LogP contribution in [0.5, 0.6) is 0 Å². The van der Waals surface area contributed by atoms with Crippen LogP contribution in [0.15, 0.2) is 18.2 Å². The van der Waals surface area contributed by atoms with E-state index < -0.39 is 17.6 Å². The van der Waals surface area contributed by atoms with Gasteiger partial charge in [-0.3, -0.25) is 0 Å². The summed E-state index contributed by atoms with van der Waals surface area (Å²) in [6.45, 7) is 0. The maximum Gasteiger partial charge on any atom is 0.336 e. The maximum absolute atomic E-state index is 12.8. The standard InChI is InChI=1S/C10H7BrF2O2/c11-3-1-2-6-4-8(12)9(13)5-7(6)10(14)15/h1-2,4-5H,3H2,(H,14,15). The van der Waals surface area contributed by atoms with Gasteiger partial charge in [-0.25, -0.2) is 13.6 Å². The zero-order chi connectivity index (χ0) is 11.4. The molecule has 0 amide bonds. The van der Waals surface area contributed by atoms with Gasteiger partial charge in [-0.2, -0.15) is 0 Å². The summed E-state index contributed by atoms with van der Waals surface area (Å²) in [6, 6.07) is 1.53. The van der Waals surface area contributed by atoms with Crippen LogP contribution < -0.4 is 0 Å². The number of hydrogen-bond donors (Lipinski definition) is 1. The van der Waals surface area contributed by atoms with Crippen LogP contribution in [0, 0.1) is 11.6 Å². The summed E-state index contributed by atoms with van der Waals surface area (Å²) in [5, 5.41) is 9.25. The fraction of sp³-hybridized carbons (Fsp3) is 0.100. The predicted molar refractivity (Wildman–Crippen MR) is 56.1 cm³/mol. The van der Waals surface area contributed by atoms with E-state index in [0.29, 0.717) is 11.4 Å². The zero-order valence-electron chi connectivity index (χ0n) is 7.51. The number of hydrogen-bond acceptors (Lipinski definition) is 1. The average molecular weight is 277 g/mol. The Morgan fingerprint density at radius 1 is 1.40 bits per heavy atom. The minimum Gasteiger partial charge on any atom is -0.478 e. The van der Waals surface area contributed by atoms with Gasteiger partial charge >= 0.3 is 5.97 Å². The molecular formula is C10H7BrF2O2. The molecule has 80 valence electrons. The molecule has 0 aromatic heterocycles. The Kier molecular flexibility index (Phi) is 3.96. The topological polar surface area (TPSA) is 37.3 Å². The lowest BCUT2D eigenvalue weighted by Crippen LogP contribution is -2.02. The molecule has 1 N–H and O–H groups in total. The molecule has 0 aliphatic rings. The number of benzene rings is 1. The van der Waals surface area contributed by atoms with E-state index in [9.17, 15) is 13.6 Å². The van der Waals surface area contributed by atoms with Crippen LogP contribution in [0.4, 0.5) is 8.78 Å². The molecule has 0 aliphatic carbocycles. The Bertz CT molecular complexity index is 416. The zero-order valence-corrected chi connectivity index (χ0v) is 9.09. The molecule has 15 heavy (non-hydrogen) atoms. The lowest BCUT2D eigenvalue weighted by molar-refractivity contribution is 0.0696. The molecule has 0 unspecified atom stereocenters. The highest BCUT2D eigenvalue weighted by atomic mass is 79.9. The molecule has 2 nitrogen and oxygen atoms in total. The molecule has 0 heterocycles. The van der Waals surface area contributed by atoms with Gasteiger partial charge in [-0.1, -0.05) is 28.1 Å². The van der Waals surface area contributed by atoms with Crippen LogP contribution in [0.2, 0.25) is 0 Å². The second kappa shape index (κ2) is 5.02. The Balaban J connectivity index is 3.28. The monoisotopic (exact) mass is 276 g/mol. The fourth-order valence-electron chi connectivity index (χ4n) is 1.06. The van der Waals surface area contributed by atoms with E-state index in [-0.39, 0.29) is 11.1 Å². The third-order valence-electron chi connectivity index (χ3n) is 1.71. The minimum absolute atomic E-state index is 0.140. The first kappa shape index (κ1) is 11.8. The number of aromatic carboxylic acids is 1. The van der Waals surface area contributed by atoms with Crippen LogP contribution in [0.25, 0.3) is 6.08 Å². The third-order valence-corrected chi connectivity index (χ3v) is 2.08. The highest BCUT2D eigenvalue weighted by molar-refractivity contribution is 9.09. The Morgan fingerprint density at radius 2 is 2.00 bits per heavy atom. The van der Waals surface area contributed by atoms with Crippen molar-refractivity contribution >= 4 is 28.0 Å². The lowest BCUT2D eigenvalue weighted by Gasteiger charge is -2.02. The summed E-state index contributed by atoms with van der Waals surface area (Å²) in [7, 11) is 0. The van der Waals surface area contributed by atoms with Gasteiger partial charge in [0.05, 0.1) is 5.56 Å². The van der Waals surface area contributed by atoms with Crippen molar-refractivity contribution in [3.8, 4) is 0 Å². The van der Waals surface area contributed by atoms with Gasteiger partial charge in [-0.15, -0.1) is 0 Å². The molecule has 5 heteroatoms. The number of rotatable bonds is 3. The largest absolute Gasteiger partial charge is 0.478 e. The first-order valence-corrected chi connectivity index (χ1v) is 5.13. The number of allylic oxidation sites excluding steroid dienone is 1. The average Bonchev–Trinajstić information content (AvgIpc) is 2.19. The van der Waals surface area contributed by atoms with Crippen molar-refractivity contribution in [1.29, 1.82) is 0 Å². The summed E-state index contributed by atoms with van der Waals surface area (Å²) >= 11 is 3.10. The van der Waals surface area contributed by atoms with Crippen molar-refractivity contribution in [3.63, 3.8) is 0 Å². The molecule has 1 aromatic carbocycles. The van der Waals surface area contributed by atoms with Gasteiger partial charge in [0.1, 0.15) is 0 Å². The van der Waals surface area contributed by atoms with Crippen molar-refractivity contribution in [2.45, 2.75) is 0 Å². The van der Waals surface area contributed by atoms with E-state index in [1.807, 2.05) is 0 Å². The van der Waals surface area contributed by atoms with E-state index in [1.165, 1.54) is 6.08 Å². The van der Waals surface area contributed by atoms with Crippen LogP contribution in [-0.2, 0) is 0 Å². The van der Waals surface area contributed by atoms with E-state index in [1.54, 1.807) is 6.08 Å². The number of carbonyl (C=O) groups is 1. The summed E-state index contributed by atoms with van der Waals surface area (Å²) in [5.74, 6) is -3.51. The molecule has 1 rings (SSSR count). The molecule has 0 saturated heterocycles. The second-order valence-corrected chi connectivity index (χ2v) is 3.36. The molecule has 0 radical (unpaired) electrons. The molecule has 0 spiro atoms. The molecular weight excluding hydrogens is 270 g/mol. The molecule has 0 atom stereocenters. The normalized spacial score (nSPS) is 10.9. The predicted octanol–water partition coefficient (Wildman–Crippen LogP) is 3.07. The van der Waals surface area contributed by atoms with Crippen molar-refractivity contribution < 1.29 is 18.7 Å². The van der Waals surface area contributed by atoms with Gasteiger partial charge in [0, 0.05) is 5.33 Å². The van der Waals surface area contributed by atoms with Crippen LogP contribution in [-0.4, -0.2) is 16.4 Å².